The molecule has 236 valence electrons. The van der Waals surface area contributed by atoms with Gasteiger partial charge < -0.3 is 32.9 Å². The third kappa shape index (κ3) is 8.91. The minimum atomic E-state index is -2.11. The second-order valence-electron chi connectivity index (χ2n) is 13.6. The highest BCUT2D eigenvalue weighted by Gasteiger charge is 2.51. The summed E-state index contributed by atoms with van der Waals surface area (Å²) in [4.78, 5) is 12.2. The summed E-state index contributed by atoms with van der Waals surface area (Å²) >= 11 is 0. The standard InChI is InChI=1S/C34H54O7Si/c1-25-14-7-8-15-27(25)36-23-13-16-28(39-31-17-9-11-21-37-31)33-26(19-20-35)29(41-42(5,6)34(2,3)4)24-30(33)40-32-18-10-12-22-38-32/h7-8,14-16,20,26,29-33H,9-13,17-19,21-24H2,1-6H3/b28-16+/t26-,29?,30+,31?,32?,33+/m1/s1. The molecule has 1 aromatic rings. The Bertz CT molecular complexity index is 1010. The Kier molecular flexibility index (Phi) is 12.1. The summed E-state index contributed by atoms with van der Waals surface area (Å²) in [7, 11) is -2.11. The first-order chi connectivity index (χ1) is 20.1. The molecule has 1 saturated carbocycles. The molecule has 0 aromatic heterocycles. The Balaban J connectivity index is 1.62. The molecule has 1 aromatic carbocycles. The molecule has 7 nitrogen and oxygen atoms in total. The number of hydrogen-bond donors (Lipinski definition) is 0. The van der Waals surface area contributed by atoms with Gasteiger partial charge in [0.2, 0.25) is 0 Å². The van der Waals surface area contributed by atoms with Crippen LogP contribution < -0.4 is 4.74 Å². The van der Waals surface area contributed by atoms with E-state index < -0.39 is 8.32 Å². The summed E-state index contributed by atoms with van der Waals surface area (Å²) in [5.41, 5.74) is 1.11. The molecule has 0 radical (unpaired) electrons. The van der Waals surface area contributed by atoms with Crippen LogP contribution >= 0.6 is 0 Å². The normalized spacial score (nSPS) is 29.3. The summed E-state index contributed by atoms with van der Waals surface area (Å²) in [5, 5.41) is 0.0532. The highest BCUT2D eigenvalue weighted by molar-refractivity contribution is 6.74. The summed E-state index contributed by atoms with van der Waals surface area (Å²) in [6, 6.07) is 8.07. The SMILES string of the molecule is Cc1ccccc1OCC/C=C(/OC1CCCCO1)[C@H]1[C@@H](OC2CCCCO2)CC(O[Si](C)(C)C(C)(C)C)[C@H]1CC=O. The number of ether oxygens (including phenoxy) is 5. The van der Waals surface area contributed by atoms with Gasteiger partial charge in [0.1, 0.15) is 17.8 Å². The lowest BCUT2D eigenvalue weighted by atomic mass is 9.88. The topological polar surface area (TPSA) is 72.5 Å². The first-order valence-corrected chi connectivity index (χ1v) is 19.0. The molecule has 2 aliphatic heterocycles. The fourth-order valence-corrected chi connectivity index (χ4v) is 7.39. The van der Waals surface area contributed by atoms with E-state index in [0.29, 0.717) is 32.5 Å². The average molecular weight is 603 g/mol. The van der Waals surface area contributed by atoms with Crippen LogP contribution in [0.15, 0.2) is 36.1 Å². The number of aryl methyl sites for hydroxylation is 1. The van der Waals surface area contributed by atoms with Crippen LogP contribution in [-0.2, 0) is 28.2 Å². The number of benzene rings is 1. The van der Waals surface area contributed by atoms with Gasteiger partial charge in [-0.3, -0.25) is 0 Å². The van der Waals surface area contributed by atoms with Crippen LogP contribution in [0.5, 0.6) is 5.75 Å². The molecule has 3 fully saturated rings. The molecule has 2 saturated heterocycles. The smallest absolute Gasteiger partial charge is 0.199 e. The van der Waals surface area contributed by atoms with Crippen LogP contribution in [0, 0.1) is 18.8 Å². The largest absolute Gasteiger partial charge is 0.493 e. The molecule has 42 heavy (non-hydrogen) atoms. The van der Waals surface area contributed by atoms with E-state index >= 15 is 0 Å². The zero-order valence-electron chi connectivity index (χ0n) is 26.8. The Morgan fingerprint density at radius 1 is 1.00 bits per heavy atom. The molecule has 1 aliphatic carbocycles. The van der Waals surface area contributed by atoms with Crippen molar-refractivity contribution in [1.29, 1.82) is 0 Å². The number of carbonyl (C=O) groups excluding carboxylic acids is 1. The van der Waals surface area contributed by atoms with E-state index in [0.717, 1.165) is 68.5 Å². The maximum absolute atomic E-state index is 12.2. The van der Waals surface area contributed by atoms with E-state index in [2.05, 4.69) is 52.9 Å². The lowest BCUT2D eigenvalue weighted by Gasteiger charge is -2.40. The summed E-state index contributed by atoms with van der Waals surface area (Å²) in [5.74, 6) is 1.53. The molecule has 3 aliphatic rings. The van der Waals surface area contributed by atoms with E-state index in [1.807, 2.05) is 18.2 Å². The quantitative estimate of drug-likeness (QED) is 0.0991. The molecule has 0 bridgehead atoms. The Morgan fingerprint density at radius 3 is 2.31 bits per heavy atom. The third-order valence-electron chi connectivity index (χ3n) is 9.44. The second kappa shape index (κ2) is 15.3. The Labute approximate surface area is 254 Å². The molecule has 0 N–H and O–H groups in total. The van der Waals surface area contributed by atoms with Gasteiger partial charge in [-0.2, -0.15) is 0 Å². The molecule has 0 spiro atoms. The van der Waals surface area contributed by atoms with Crippen LogP contribution in [0.3, 0.4) is 0 Å². The van der Waals surface area contributed by atoms with Crippen LogP contribution in [-0.4, -0.2) is 59.2 Å². The highest BCUT2D eigenvalue weighted by Crippen LogP contribution is 2.47. The monoisotopic (exact) mass is 602 g/mol. The van der Waals surface area contributed by atoms with Gasteiger partial charge in [0.05, 0.1) is 25.4 Å². The fourth-order valence-electron chi connectivity index (χ4n) is 6.01. The van der Waals surface area contributed by atoms with E-state index in [9.17, 15) is 4.79 Å². The molecule has 8 heteroatoms. The minimum Gasteiger partial charge on any atom is -0.493 e. The van der Waals surface area contributed by atoms with Gasteiger partial charge in [-0.25, -0.2) is 0 Å². The number of para-hydroxylation sites is 1. The molecule has 2 heterocycles. The lowest BCUT2D eigenvalue weighted by molar-refractivity contribution is -0.201. The first kappa shape index (κ1) is 33.2. The number of carbonyl (C=O) groups is 1. The summed E-state index contributed by atoms with van der Waals surface area (Å²) in [6.45, 7) is 15.3. The van der Waals surface area contributed by atoms with Gasteiger partial charge in [0, 0.05) is 37.7 Å². The van der Waals surface area contributed by atoms with Crippen LogP contribution in [0.25, 0.3) is 0 Å². The van der Waals surface area contributed by atoms with E-state index in [1.165, 1.54) is 0 Å². The Hall–Kier alpha value is -1.71. The number of rotatable bonds is 13. The van der Waals surface area contributed by atoms with Gasteiger partial charge in [-0.05, 0) is 81.3 Å². The van der Waals surface area contributed by atoms with Crippen molar-refractivity contribution in [2.24, 2.45) is 11.8 Å². The van der Waals surface area contributed by atoms with Gasteiger partial charge in [0.15, 0.2) is 20.9 Å². The van der Waals surface area contributed by atoms with Gasteiger partial charge >= 0.3 is 0 Å². The molecular weight excluding hydrogens is 548 g/mol. The predicted molar refractivity (Wildman–Crippen MR) is 167 cm³/mol. The predicted octanol–water partition coefficient (Wildman–Crippen LogP) is 7.72. The van der Waals surface area contributed by atoms with Gasteiger partial charge in [0.25, 0.3) is 0 Å². The van der Waals surface area contributed by atoms with Gasteiger partial charge in [-0.1, -0.05) is 39.0 Å². The molecule has 0 amide bonds. The number of hydrogen-bond acceptors (Lipinski definition) is 7. The number of aldehydes is 1. The van der Waals surface area contributed by atoms with Crippen molar-refractivity contribution >= 4 is 14.6 Å². The lowest BCUT2D eigenvalue weighted by Crippen LogP contribution is -2.45. The minimum absolute atomic E-state index is 0.0532. The highest BCUT2D eigenvalue weighted by atomic mass is 28.4. The van der Waals surface area contributed by atoms with Crippen molar-refractivity contribution in [2.45, 2.75) is 128 Å². The Morgan fingerprint density at radius 2 is 1.69 bits per heavy atom. The molecule has 6 atom stereocenters. The van der Waals surface area contributed by atoms with Crippen molar-refractivity contribution in [3.63, 3.8) is 0 Å². The fraction of sp³-hybridized carbons (Fsp3) is 0.735. The summed E-state index contributed by atoms with van der Waals surface area (Å²) < 4.78 is 38.7. The van der Waals surface area contributed by atoms with Crippen molar-refractivity contribution in [1.82, 2.24) is 0 Å². The molecular formula is C34H54O7Si. The summed E-state index contributed by atoms with van der Waals surface area (Å²) in [6.07, 6.45) is 10.1. The second-order valence-corrected chi connectivity index (χ2v) is 18.4. The maximum atomic E-state index is 12.2. The van der Waals surface area contributed by atoms with Gasteiger partial charge in [-0.15, -0.1) is 0 Å². The van der Waals surface area contributed by atoms with E-state index in [4.69, 9.17) is 28.1 Å². The maximum Gasteiger partial charge on any atom is 0.199 e. The van der Waals surface area contributed by atoms with Crippen LogP contribution in [0.2, 0.25) is 18.1 Å². The zero-order valence-corrected chi connectivity index (χ0v) is 27.8. The zero-order chi connectivity index (χ0) is 30.2. The van der Waals surface area contributed by atoms with Crippen molar-refractivity contribution in [2.75, 3.05) is 19.8 Å². The third-order valence-corrected chi connectivity index (χ3v) is 13.9. The molecule has 3 unspecified atom stereocenters. The first-order valence-electron chi connectivity index (χ1n) is 16.1. The van der Waals surface area contributed by atoms with Crippen LogP contribution in [0.1, 0.15) is 84.1 Å². The molecule has 4 rings (SSSR count). The van der Waals surface area contributed by atoms with E-state index in [-0.39, 0.29) is 41.7 Å². The average Bonchev–Trinajstić information content (AvgIpc) is 3.27. The van der Waals surface area contributed by atoms with E-state index in [1.54, 1.807) is 0 Å². The van der Waals surface area contributed by atoms with Crippen molar-refractivity contribution in [3.8, 4) is 5.75 Å². The van der Waals surface area contributed by atoms with Crippen molar-refractivity contribution < 1.29 is 32.9 Å². The van der Waals surface area contributed by atoms with Crippen LogP contribution in [0.4, 0.5) is 0 Å². The van der Waals surface area contributed by atoms with Crippen molar-refractivity contribution in [3.05, 3.63) is 41.7 Å².